The fraction of sp³-hybridized carbons (Fsp3) is 0.409. The van der Waals surface area contributed by atoms with Crippen molar-refractivity contribution >= 4 is 29.9 Å². The third-order valence-electron chi connectivity index (χ3n) is 4.27. The van der Waals surface area contributed by atoms with Crippen LogP contribution in [0.4, 0.5) is 4.39 Å². The highest BCUT2D eigenvalue weighted by atomic mass is 127. The first kappa shape index (κ1) is 26.0. The Bertz CT molecular complexity index is 803. The molecular weight excluding hydrogens is 500 g/mol. The summed E-state index contributed by atoms with van der Waals surface area (Å²) >= 11 is 0. The van der Waals surface area contributed by atoms with E-state index in [1.807, 2.05) is 32.9 Å². The monoisotopic (exact) mass is 531 g/mol. The van der Waals surface area contributed by atoms with E-state index in [1.165, 1.54) is 24.3 Å². The van der Waals surface area contributed by atoms with Crippen LogP contribution >= 0.6 is 24.0 Å². The molecule has 2 unspecified atom stereocenters. The van der Waals surface area contributed by atoms with E-state index in [-0.39, 0.29) is 49.0 Å². The van der Waals surface area contributed by atoms with Crippen molar-refractivity contribution in [1.82, 2.24) is 10.6 Å². The van der Waals surface area contributed by atoms with Crippen LogP contribution in [0.5, 0.6) is 11.5 Å². The molecule has 2 aromatic carbocycles. The van der Waals surface area contributed by atoms with E-state index >= 15 is 0 Å². The highest BCUT2D eigenvalue weighted by Crippen LogP contribution is 2.25. The normalized spacial score (nSPS) is 13.1. The number of rotatable bonds is 9. The third-order valence-corrected chi connectivity index (χ3v) is 4.27. The fourth-order valence-corrected chi connectivity index (χ4v) is 2.77. The molecule has 0 saturated carbocycles. The molecule has 30 heavy (non-hydrogen) atoms. The zero-order valence-electron chi connectivity index (χ0n) is 17.8. The maximum absolute atomic E-state index is 12.9. The minimum absolute atomic E-state index is 0. The van der Waals surface area contributed by atoms with E-state index in [2.05, 4.69) is 21.7 Å². The number of aliphatic hydroxyl groups excluding tert-OH is 1. The number of aryl methyl sites for hydroxylation is 1. The number of aliphatic imine (C=N–C) groups is 1. The van der Waals surface area contributed by atoms with Crippen LogP contribution in [0.25, 0.3) is 0 Å². The number of aliphatic hydroxyl groups is 1. The number of nitrogens with one attached hydrogen (secondary N) is 2. The van der Waals surface area contributed by atoms with Crippen molar-refractivity contribution in [3.63, 3.8) is 0 Å². The molecule has 166 valence electrons. The zero-order chi connectivity index (χ0) is 21.2. The molecule has 0 aromatic heterocycles. The van der Waals surface area contributed by atoms with Crippen LogP contribution in [0.3, 0.4) is 0 Å². The summed E-state index contributed by atoms with van der Waals surface area (Å²) in [6.07, 6.45) is -0.792. The van der Waals surface area contributed by atoms with Crippen LogP contribution in [0, 0.1) is 12.7 Å². The molecule has 8 heteroatoms. The van der Waals surface area contributed by atoms with Crippen LogP contribution in [0.1, 0.15) is 31.0 Å². The Morgan fingerprint density at radius 1 is 1.20 bits per heavy atom. The van der Waals surface area contributed by atoms with Gasteiger partial charge in [0.1, 0.15) is 30.0 Å². The lowest BCUT2D eigenvalue weighted by atomic mass is 10.0. The number of benzene rings is 2. The predicted molar refractivity (Wildman–Crippen MR) is 129 cm³/mol. The molecule has 0 aliphatic rings. The summed E-state index contributed by atoms with van der Waals surface area (Å²) in [5.41, 5.74) is 2.17. The van der Waals surface area contributed by atoms with Gasteiger partial charge < -0.3 is 25.2 Å². The number of hydrogen-bond donors (Lipinski definition) is 3. The Kier molecular flexibility index (Phi) is 11.5. The van der Waals surface area contributed by atoms with E-state index < -0.39 is 6.10 Å². The maximum atomic E-state index is 12.9. The van der Waals surface area contributed by atoms with Crippen LogP contribution in [0.2, 0.25) is 0 Å². The summed E-state index contributed by atoms with van der Waals surface area (Å²) in [5.74, 6) is 1.56. The standard InChI is InChI=1S/C22H30FN3O3.HI/c1-5-24-22(26-16(3)20-12-15(2)6-11-21(20)28-4)25-13-18(27)14-29-19-9-7-17(23)8-10-19;/h6-12,16,18,27H,5,13-14H2,1-4H3,(H2,24,25,26);1H. The second-order valence-corrected chi connectivity index (χ2v) is 6.75. The van der Waals surface area contributed by atoms with Crippen molar-refractivity contribution in [3.05, 3.63) is 59.4 Å². The second kappa shape index (κ2) is 13.3. The van der Waals surface area contributed by atoms with Gasteiger partial charge in [-0.05, 0) is 51.1 Å². The minimum atomic E-state index is -0.792. The Morgan fingerprint density at radius 3 is 2.53 bits per heavy atom. The molecule has 0 fully saturated rings. The van der Waals surface area contributed by atoms with Crippen LogP contribution in [0.15, 0.2) is 47.5 Å². The van der Waals surface area contributed by atoms with Gasteiger partial charge in [0.25, 0.3) is 0 Å². The summed E-state index contributed by atoms with van der Waals surface area (Å²) in [6.45, 7) is 6.95. The van der Waals surface area contributed by atoms with E-state index in [4.69, 9.17) is 9.47 Å². The summed E-state index contributed by atoms with van der Waals surface area (Å²) in [6, 6.07) is 11.7. The van der Waals surface area contributed by atoms with E-state index in [1.54, 1.807) is 7.11 Å². The second-order valence-electron chi connectivity index (χ2n) is 6.75. The smallest absolute Gasteiger partial charge is 0.191 e. The molecule has 2 aromatic rings. The molecule has 2 atom stereocenters. The number of guanidine groups is 1. The third kappa shape index (κ3) is 8.35. The summed E-state index contributed by atoms with van der Waals surface area (Å²) in [5, 5.41) is 16.7. The molecule has 3 N–H and O–H groups in total. The molecule has 0 amide bonds. The Hall–Kier alpha value is -2.07. The van der Waals surface area contributed by atoms with Crippen LogP contribution in [-0.2, 0) is 0 Å². The molecule has 0 spiro atoms. The molecule has 0 radical (unpaired) electrons. The highest BCUT2D eigenvalue weighted by Gasteiger charge is 2.14. The number of hydrogen-bond acceptors (Lipinski definition) is 4. The number of halogens is 2. The van der Waals surface area contributed by atoms with Gasteiger partial charge >= 0.3 is 0 Å². The van der Waals surface area contributed by atoms with Crippen molar-refractivity contribution in [1.29, 1.82) is 0 Å². The number of ether oxygens (including phenoxy) is 2. The Morgan fingerprint density at radius 2 is 1.90 bits per heavy atom. The van der Waals surface area contributed by atoms with Crippen LogP contribution < -0.4 is 20.1 Å². The lowest BCUT2D eigenvalue weighted by molar-refractivity contribution is 0.114. The molecule has 0 aliphatic carbocycles. The van der Waals surface area contributed by atoms with Crippen molar-refractivity contribution in [2.24, 2.45) is 4.99 Å². The van der Waals surface area contributed by atoms with Gasteiger partial charge in [0, 0.05) is 12.1 Å². The summed E-state index contributed by atoms with van der Waals surface area (Å²) < 4.78 is 23.8. The lowest BCUT2D eigenvalue weighted by Gasteiger charge is -2.21. The first-order valence-electron chi connectivity index (χ1n) is 9.68. The quantitative estimate of drug-likeness (QED) is 0.261. The highest BCUT2D eigenvalue weighted by molar-refractivity contribution is 14.0. The maximum Gasteiger partial charge on any atom is 0.191 e. The first-order chi connectivity index (χ1) is 13.9. The minimum Gasteiger partial charge on any atom is -0.496 e. The zero-order valence-corrected chi connectivity index (χ0v) is 20.1. The van der Waals surface area contributed by atoms with Crippen molar-refractivity contribution in [2.75, 3.05) is 26.8 Å². The Labute approximate surface area is 194 Å². The van der Waals surface area contributed by atoms with Crippen molar-refractivity contribution in [3.8, 4) is 11.5 Å². The molecule has 2 rings (SSSR count). The molecule has 0 bridgehead atoms. The predicted octanol–water partition coefficient (Wildman–Crippen LogP) is 3.82. The molecule has 0 saturated heterocycles. The van der Waals surface area contributed by atoms with Crippen molar-refractivity contribution < 1.29 is 19.0 Å². The van der Waals surface area contributed by atoms with Gasteiger partial charge in [0.05, 0.1) is 19.7 Å². The molecule has 0 heterocycles. The topological polar surface area (TPSA) is 75.1 Å². The Balaban J connectivity index is 0.00000450. The average molecular weight is 531 g/mol. The fourth-order valence-electron chi connectivity index (χ4n) is 2.77. The van der Waals surface area contributed by atoms with Gasteiger partial charge in [-0.15, -0.1) is 24.0 Å². The van der Waals surface area contributed by atoms with Gasteiger partial charge in [-0.3, -0.25) is 4.99 Å². The number of methoxy groups -OCH3 is 1. The van der Waals surface area contributed by atoms with Crippen LogP contribution in [-0.4, -0.2) is 44.0 Å². The van der Waals surface area contributed by atoms with Gasteiger partial charge in [-0.1, -0.05) is 17.7 Å². The average Bonchev–Trinajstić information content (AvgIpc) is 2.71. The first-order valence-corrected chi connectivity index (χ1v) is 9.68. The molecule has 6 nitrogen and oxygen atoms in total. The van der Waals surface area contributed by atoms with Gasteiger partial charge in [-0.2, -0.15) is 0 Å². The van der Waals surface area contributed by atoms with Gasteiger partial charge in [0.15, 0.2) is 5.96 Å². The molecular formula is C22H31FIN3O3. The molecule has 0 aliphatic heterocycles. The van der Waals surface area contributed by atoms with Gasteiger partial charge in [-0.25, -0.2) is 4.39 Å². The largest absolute Gasteiger partial charge is 0.496 e. The summed E-state index contributed by atoms with van der Waals surface area (Å²) in [4.78, 5) is 4.45. The lowest BCUT2D eigenvalue weighted by Crippen LogP contribution is -2.39. The van der Waals surface area contributed by atoms with E-state index in [9.17, 15) is 9.50 Å². The van der Waals surface area contributed by atoms with Gasteiger partial charge in [0.2, 0.25) is 0 Å². The SMILES string of the molecule is CCNC(=NCC(O)COc1ccc(F)cc1)NC(C)c1cc(C)ccc1OC.I. The van der Waals surface area contributed by atoms with E-state index in [0.717, 1.165) is 16.9 Å². The summed E-state index contributed by atoms with van der Waals surface area (Å²) in [7, 11) is 1.65. The van der Waals surface area contributed by atoms with Crippen molar-refractivity contribution in [2.45, 2.75) is 32.9 Å². The number of nitrogens with zero attached hydrogens (tertiary/aromatic N) is 1. The van der Waals surface area contributed by atoms with E-state index in [0.29, 0.717) is 18.3 Å².